The second kappa shape index (κ2) is 15.2. The van der Waals surface area contributed by atoms with E-state index in [1.807, 2.05) is 18.2 Å². The molecule has 12 heteroatoms. The van der Waals surface area contributed by atoms with E-state index >= 15 is 0 Å². The summed E-state index contributed by atoms with van der Waals surface area (Å²) in [6.45, 7) is 2.73. The number of nitro groups is 1. The van der Waals surface area contributed by atoms with Gasteiger partial charge in [-0.05, 0) is 48.4 Å². The number of aliphatic carboxylic acids is 1. The maximum absolute atomic E-state index is 12.7. The fraction of sp³-hybridized carbons (Fsp3) is 0.0800. The number of aryl methyl sites for hydroxylation is 1. The molecule has 0 spiro atoms. The number of hydrogen-bond acceptors (Lipinski definition) is 7. The Morgan fingerprint density at radius 3 is 2.05 bits per heavy atom. The van der Waals surface area contributed by atoms with Gasteiger partial charge in [0.1, 0.15) is 14.9 Å². The molecule has 2 aromatic heterocycles. The Labute approximate surface area is 228 Å². The smallest absolute Gasteiger partial charge is 0.300 e. The first-order valence-corrected chi connectivity index (χ1v) is 11.8. The molecule has 0 aliphatic carbocycles. The van der Waals surface area contributed by atoms with Gasteiger partial charge in [-0.1, -0.05) is 42.5 Å². The number of nitrogens with zero attached hydrogens (tertiary/aromatic N) is 4. The topological polar surface area (TPSA) is 154 Å². The van der Waals surface area contributed by atoms with Gasteiger partial charge in [0.25, 0.3) is 11.7 Å². The van der Waals surface area contributed by atoms with Crippen molar-refractivity contribution in [3.8, 4) is 11.3 Å². The summed E-state index contributed by atoms with van der Waals surface area (Å²) in [4.78, 5) is 27.1. The zero-order valence-corrected chi connectivity index (χ0v) is 22.1. The third-order valence-corrected chi connectivity index (χ3v) is 5.56. The summed E-state index contributed by atoms with van der Waals surface area (Å²) in [5.74, 6) is -0.833. The molecule has 0 bridgehead atoms. The molecular weight excluding hydrogens is 591 g/mol. The molecule has 2 aromatic carbocycles. The Hall–Kier alpha value is -3.98. The molecule has 0 amide bonds. The molecule has 196 valence electrons. The Kier molecular flexibility index (Phi) is 12.8. The summed E-state index contributed by atoms with van der Waals surface area (Å²) in [6, 6.07) is 21.5. The van der Waals surface area contributed by atoms with E-state index in [0.717, 1.165) is 6.92 Å². The fourth-order valence-corrected chi connectivity index (χ4v) is 3.93. The van der Waals surface area contributed by atoms with Crippen LogP contribution < -0.4 is 0 Å². The third kappa shape index (κ3) is 10.3. The van der Waals surface area contributed by atoms with Crippen molar-refractivity contribution in [3.63, 3.8) is 0 Å². The Balaban J connectivity index is 0.000000524. The molecule has 1 N–H and O–H groups in total. The molecular formula is C25H23N4O6PdS-. The zero-order valence-electron chi connectivity index (χ0n) is 19.7. The van der Waals surface area contributed by atoms with E-state index in [1.165, 1.54) is 24.3 Å². The van der Waals surface area contributed by atoms with Crippen LogP contribution in [-0.4, -0.2) is 34.4 Å². The first-order chi connectivity index (χ1) is 17.1. The van der Waals surface area contributed by atoms with E-state index < -0.39 is 31.5 Å². The van der Waals surface area contributed by atoms with Gasteiger partial charge in [0.15, 0.2) is 0 Å². The summed E-state index contributed by atoms with van der Waals surface area (Å²) in [5, 5.41) is 18.7. The van der Waals surface area contributed by atoms with Crippen molar-refractivity contribution in [1.82, 2.24) is 9.97 Å². The van der Waals surface area contributed by atoms with Crippen molar-refractivity contribution in [1.29, 1.82) is 0 Å². The largest absolute Gasteiger partial charge is 0.572 e. The number of carbonyl (C=O) groups is 1. The molecule has 0 saturated heterocycles. The quantitative estimate of drug-likeness (QED) is 0.175. The van der Waals surface area contributed by atoms with Crippen LogP contribution in [0.25, 0.3) is 16.0 Å². The molecule has 0 fully saturated rings. The van der Waals surface area contributed by atoms with Crippen molar-refractivity contribution >= 4 is 27.4 Å². The first-order valence-electron chi connectivity index (χ1n) is 10.4. The zero-order chi connectivity index (χ0) is 26.6. The molecule has 0 saturated carbocycles. The van der Waals surface area contributed by atoms with Crippen molar-refractivity contribution < 1.29 is 43.7 Å². The van der Waals surface area contributed by atoms with Gasteiger partial charge < -0.3 is 9.83 Å². The first kappa shape index (κ1) is 31.1. The molecule has 0 atom stereocenters. The van der Waals surface area contributed by atoms with Crippen LogP contribution in [0, 0.1) is 17.0 Å². The maximum Gasteiger partial charge on any atom is 0.300 e. The Morgan fingerprint density at radius 1 is 0.946 bits per heavy atom. The molecule has 4 rings (SSSR count). The number of aromatic nitrogens is 2. The van der Waals surface area contributed by atoms with Crippen molar-refractivity contribution in [2.75, 3.05) is 0 Å². The van der Waals surface area contributed by atoms with Crippen LogP contribution in [0.3, 0.4) is 0 Å². The van der Waals surface area contributed by atoms with Crippen molar-refractivity contribution in [2.45, 2.75) is 18.7 Å². The monoisotopic (exact) mass is 613 g/mol. The number of pyridine rings is 2. The average Bonchev–Trinajstić information content (AvgIpc) is 2.85. The van der Waals surface area contributed by atoms with E-state index in [0.29, 0.717) is 16.8 Å². The predicted molar refractivity (Wildman–Crippen MR) is 135 cm³/mol. The minimum Gasteiger partial charge on any atom is -0.572 e. The van der Waals surface area contributed by atoms with Crippen LogP contribution in [0.15, 0.2) is 102 Å². The standard InChI is InChI=1S/C18H14N3O4S.C5H5N.C2H4O2.Pd/c1-13-9-10-18(17(12-13)21(22)23)26(24,25)20-16-8-3-2-6-14(16)15-7-4-5-11-19-15;1-2-4-6-5-3-1;1-2(3)4;/h2-12H,1H3;1-5H;1H3,(H,3,4);/q-1;;;. The van der Waals surface area contributed by atoms with Crippen molar-refractivity contribution in [2.24, 2.45) is 0 Å². The minimum absolute atomic E-state index is 0. The average molecular weight is 614 g/mol. The summed E-state index contributed by atoms with van der Waals surface area (Å²) in [7, 11) is -4.28. The number of sulfonamides is 1. The summed E-state index contributed by atoms with van der Waals surface area (Å²) < 4.78 is 29.3. The van der Waals surface area contributed by atoms with E-state index in [9.17, 15) is 18.5 Å². The van der Waals surface area contributed by atoms with Crippen LogP contribution in [0.1, 0.15) is 12.5 Å². The van der Waals surface area contributed by atoms with Gasteiger partial charge in [0.05, 0.1) is 10.6 Å². The van der Waals surface area contributed by atoms with Gasteiger partial charge in [-0.3, -0.25) is 24.9 Å². The number of nitro benzene ring substituents is 1. The number of benzene rings is 2. The Bertz CT molecular complexity index is 1370. The number of carboxylic acid groups (broad SMARTS) is 1. The van der Waals surface area contributed by atoms with E-state index in [2.05, 4.69) is 14.7 Å². The van der Waals surface area contributed by atoms with Crippen LogP contribution in [0.2, 0.25) is 0 Å². The number of hydrogen-bond donors (Lipinski definition) is 1. The molecule has 2 heterocycles. The predicted octanol–water partition coefficient (Wildman–Crippen LogP) is 5.53. The third-order valence-electron chi connectivity index (χ3n) is 4.22. The van der Waals surface area contributed by atoms with Crippen LogP contribution in [0.5, 0.6) is 0 Å². The van der Waals surface area contributed by atoms with Gasteiger partial charge in [0.2, 0.25) is 0 Å². The van der Waals surface area contributed by atoms with Crippen molar-refractivity contribution in [3.05, 3.63) is 118 Å². The molecule has 0 aliphatic rings. The van der Waals surface area contributed by atoms with Gasteiger partial charge >= 0.3 is 0 Å². The molecule has 10 nitrogen and oxygen atoms in total. The van der Waals surface area contributed by atoms with E-state index in [4.69, 9.17) is 9.90 Å². The van der Waals surface area contributed by atoms with E-state index in [1.54, 1.807) is 61.9 Å². The van der Waals surface area contributed by atoms with Gasteiger partial charge in [-0.25, -0.2) is 8.42 Å². The van der Waals surface area contributed by atoms with Gasteiger partial charge in [-0.15, -0.1) is 5.69 Å². The van der Waals surface area contributed by atoms with Crippen LogP contribution >= 0.6 is 0 Å². The van der Waals surface area contributed by atoms with Crippen LogP contribution in [-0.2, 0) is 35.2 Å². The minimum atomic E-state index is -4.28. The normalized spacial score (nSPS) is 9.78. The molecule has 0 aliphatic heterocycles. The summed E-state index contributed by atoms with van der Waals surface area (Å²) in [5.41, 5.74) is 1.33. The summed E-state index contributed by atoms with van der Waals surface area (Å²) in [6.07, 6.45) is 5.09. The summed E-state index contributed by atoms with van der Waals surface area (Å²) >= 11 is 0. The molecule has 0 unspecified atom stereocenters. The second-order valence-electron chi connectivity index (χ2n) is 7.07. The second-order valence-corrected chi connectivity index (χ2v) is 8.64. The van der Waals surface area contributed by atoms with Gasteiger partial charge in [0, 0.05) is 52.0 Å². The maximum atomic E-state index is 12.7. The number of carboxylic acids is 1. The SMILES string of the molecule is CC(=O)O.Cc1ccc(S(=O)(=O)[N-]c2ccccc2-c2ccccn2)c([N+](=O)[O-])c1.[Pd].c1ccncc1. The van der Waals surface area contributed by atoms with E-state index in [-0.39, 0.29) is 26.1 Å². The van der Waals surface area contributed by atoms with Gasteiger partial charge in [-0.2, -0.15) is 0 Å². The number of rotatable bonds is 5. The fourth-order valence-electron chi connectivity index (χ4n) is 2.77. The Morgan fingerprint density at radius 2 is 1.54 bits per heavy atom. The molecule has 0 radical (unpaired) electrons. The molecule has 37 heavy (non-hydrogen) atoms. The van der Waals surface area contributed by atoms with Crippen LogP contribution in [0.4, 0.5) is 11.4 Å². The molecule has 4 aromatic rings.